The van der Waals surface area contributed by atoms with Crippen LogP contribution in [0.25, 0.3) is 0 Å². The lowest BCUT2D eigenvalue weighted by Gasteiger charge is -2.21. The zero-order valence-corrected chi connectivity index (χ0v) is 22.5. The summed E-state index contributed by atoms with van der Waals surface area (Å²) >= 11 is 0. The molecule has 0 fully saturated rings. The van der Waals surface area contributed by atoms with Gasteiger partial charge in [-0.2, -0.15) is 0 Å². The lowest BCUT2D eigenvalue weighted by atomic mass is 10.00. The number of aromatic hydroxyl groups is 4. The van der Waals surface area contributed by atoms with Crippen LogP contribution in [-0.2, 0) is 41.4 Å². The molecular weight excluding hydrogens is 528 g/mol. The van der Waals surface area contributed by atoms with E-state index in [1.807, 2.05) is 0 Å². The standard InChI is InChI=1S/C28H32O12/c1-13-5-17-9-19(29)11-21(31)25(17)27(35)40-16(4)8-24(34)38-14(2)6-18-10-20(30)12-22(32)26(18)28(36)39-15(3)7-23(33)37-13/h9-16,29-32H,5-8H2,1-4H3. The van der Waals surface area contributed by atoms with E-state index in [4.69, 9.17) is 18.9 Å². The van der Waals surface area contributed by atoms with Crippen molar-refractivity contribution in [2.75, 3.05) is 0 Å². The molecule has 0 aromatic heterocycles. The molecule has 0 saturated carbocycles. The normalized spacial score (nSPS) is 23.5. The van der Waals surface area contributed by atoms with Crippen molar-refractivity contribution in [3.05, 3.63) is 46.5 Å². The van der Waals surface area contributed by atoms with Gasteiger partial charge in [0.15, 0.2) is 0 Å². The topological polar surface area (TPSA) is 186 Å². The third kappa shape index (κ3) is 7.78. The Bertz CT molecular complexity index is 1200. The van der Waals surface area contributed by atoms with Gasteiger partial charge in [0.05, 0.1) is 12.8 Å². The molecule has 12 nitrogen and oxygen atoms in total. The quantitative estimate of drug-likeness (QED) is 0.273. The smallest absolute Gasteiger partial charge is 0.342 e. The number of carbonyl (C=O) groups excluding carboxylic acids is 4. The van der Waals surface area contributed by atoms with Crippen LogP contribution in [-0.4, -0.2) is 68.7 Å². The van der Waals surface area contributed by atoms with Crippen LogP contribution in [0.2, 0.25) is 0 Å². The van der Waals surface area contributed by atoms with Gasteiger partial charge in [-0.25, -0.2) is 9.59 Å². The lowest BCUT2D eigenvalue weighted by Crippen LogP contribution is -2.26. The molecule has 4 unspecified atom stereocenters. The van der Waals surface area contributed by atoms with E-state index in [1.54, 1.807) is 0 Å². The van der Waals surface area contributed by atoms with E-state index in [0.29, 0.717) is 0 Å². The highest BCUT2D eigenvalue weighted by atomic mass is 16.6. The van der Waals surface area contributed by atoms with E-state index in [1.165, 1.54) is 39.8 Å². The second kappa shape index (κ2) is 12.6. The highest BCUT2D eigenvalue weighted by molar-refractivity contribution is 5.95. The van der Waals surface area contributed by atoms with Gasteiger partial charge in [0.2, 0.25) is 0 Å². The van der Waals surface area contributed by atoms with Crippen molar-refractivity contribution >= 4 is 23.9 Å². The molecule has 0 aliphatic carbocycles. The highest BCUT2D eigenvalue weighted by Crippen LogP contribution is 2.31. The van der Waals surface area contributed by atoms with Crippen LogP contribution in [0.1, 0.15) is 72.4 Å². The lowest BCUT2D eigenvalue weighted by molar-refractivity contribution is -0.151. The highest BCUT2D eigenvalue weighted by Gasteiger charge is 2.28. The van der Waals surface area contributed by atoms with Gasteiger partial charge in [0.1, 0.15) is 58.5 Å². The van der Waals surface area contributed by atoms with Crippen LogP contribution in [0.4, 0.5) is 0 Å². The molecule has 4 atom stereocenters. The molecule has 0 spiro atoms. The third-order valence-corrected chi connectivity index (χ3v) is 5.98. The summed E-state index contributed by atoms with van der Waals surface area (Å²) < 4.78 is 21.4. The minimum Gasteiger partial charge on any atom is -0.508 e. The Morgan fingerprint density at radius 1 is 0.525 bits per heavy atom. The van der Waals surface area contributed by atoms with Crippen molar-refractivity contribution in [2.24, 2.45) is 0 Å². The van der Waals surface area contributed by atoms with Crippen molar-refractivity contribution in [3.63, 3.8) is 0 Å². The second-order valence-electron chi connectivity index (χ2n) is 9.85. The Morgan fingerprint density at radius 2 is 0.850 bits per heavy atom. The van der Waals surface area contributed by atoms with Gasteiger partial charge < -0.3 is 39.4 Å². The van der Waals surface area contributed by atoms with Crippen LogP contribution >= 0.6 is 0 Å². The van der Waals surface area contributed by atoms with E-state index < -0.39 is 59.8 Å². The van der Waals surface area contributed by atoms with Crippen LogP contribution < -0.4 is 0 Å². The summed E-state index contributed by atoms with van der Waals surface area (Å²) in [5.74, 6) is -5.19. The fourth-order valence-electron chi connectivity index (χ4n) is 4.42. The summed E-state index contributed by atoms with van der Waals surface area (Å²) in [7, 11) is 0. The number of ether oxygens (including phenoxy) is 4. The van der Waals surface area contributed by atoms with E-state index in [-0.39, 0.29) is 59.4 Å². The maximum atomic E-state index is 12.9. The van der Waals surface area contributed by atoms with Crippen molar-refractivity contribution in [1.82, 2.24) is 0 Å². The Morgan fingerprint density at radius 3 is 1.20 bits per heavy atom. The Hall–Kier alpha value is -4.48. The summed E-state index contributed by atoms with van der Waals surface area (Å²) in [4.78, 5) is 50.9. The number of benzene rings is 2. The fraction of sp³-hybridized carbons (Fsp3) is 0.429. The average molecular weight is 561 g/mol. The van der Waals surface area contributed by atoms with Crippen molar-refractivity contribution < 1.29 is 58.6 Å². The maximum Gasteiger partial charge on any atom is 0.342 e. The molecule has 1 heterocycles. The Labute approximate surface area is 230 Å². The molecule has 1 aliphatic heterocycles. The second-order valence-corrected chi connectivity index (χ2v) is 9.85. The van der Waals surface area contributed by atoms with Crippen molar-refractivity contribution in [3.8, 4) is 23.0 Å². The summed E-state index contributed by atoms with van der Waals surface area (Å²) in [6.45, 7) is 5.94. The van der Waals surface area contributed by atoms with Gasteiger partial charge in [0, 0.05) is 25.0 Å². The van der Waals surface area contributed by atoms with Gasteiger partial charge in [-0.15, -0.1) is 0 Å². The largest absolute Gasteiger partial charge is 0.508 e. The monoisotopic (exact) mass is 560 g/mol. The average Bonchev–Trinajstić information content (AvgIpc) is 2.76. The van der Waals surface area contributed by atoms with Crippen molar-refractivity contribution in [1.29, 1.82) is 0 Å². The predicted octanol–water partition coefficient (Wildman–Crippen LogP) is 3.04. The fourth-order valence-corrected chi connectivity index (χ4v) is 4.42. The number of fused-ring (bicyclic) bond motifs is 2. The van der Waals surface area contributed by atoms with Crippen LogP contribution in [0, 0.1) is 0 Å². The number of phenols is 4. The Balaban J connectivity index is 1.94. The number of carbonyl (C=O) groups is 4. The molecule has 0 saturated heterocycles. The zero-order chi connectivity index (χ0) is 29.7. The first-order chi connectivity index (χ1) is 18.7. The predicted molar refractivity (Wildman–Crippen MR) is 137 cm³/mol. The molecule has 0 amide bonds. The molecule has 40 heavy (non-hydrogen) atoms. The van der Waals surface area contributed by atoms with E-state index in [2.05, 4.69) is 0 Å². The molecule has 2 aromatic carbocycles. The van der Waals surface area contributed by atoms with E-state index >= 15 is 0 Å². The molecule has 4 N–H and O–H groups in total. The molecule has 216 valence electrons. The third-order valence-electron chi connectivity index (χ3n) is 5.98. The molecule has 3 rings (SSSR count). The van der Waals surface area contributed by atoms with Gasteiger partial charge in [-0.05, 0) is 51.0 Å². The molecule has 0 bridgehead atoms. The number of hydrogen-bond acceptors (Lipinski definition) is 12. The van der Waals surface area contributed by atoms with Crippen molar-refractivity contribution in [2.45, 2.75) is 77.8 Å². The number of phenolic OH excluding ortho intramolecular Hbond substituents is 4. The molecule has 0 radical (unpaired) electrons. The maximum absolute atomic E-state index is 12.9. The number of esters is 4. The first kappa shape index (κ1) is 30.1. The summed E-state index contributed by atoms with van der Waals surface area (Å²) in [5, 5.41) is 40.6. The van der Waals surface area contributed by atoms with Crippen LogP contribution in [0.15, 0.2) is 24.3 Å². The van der Waals surface area contributed by atoms with Gasteiger partial charge in [-0.1, -0.05) is 0 Å². The SMILES string of the molecule is CC1Cc2cc(O)cc(O)c2C(=O)OC(C)CC(=O)OC(C)Cc2cc(O)cc(O)c2C(=O)OC(C)CC(=O)O1. The summed E-state index contributed by atoms with van der Waals surface area (Å²) in [5.41, 5.74) is -0.254. The van der Waals surface area contributed by atoms with E-state index in [0.717, 1.165) is 12.1 Å². The Kier molecular flexibility index (Phi) is 9.46. The minimum absolute atomic E-state index is 0.0923. The van der Waals surface area contributed by atoms with Crippen LogP contribution in [0.3, 0.4) is 0 Å². The first-order valence-electron chi connectivity index (χ1n) is 12.6. The minimum atomic E-state index is -0.981. The zero-order valence-electron chi connectivity index (χ0n) is 22.5. The number of rotatable bonds is 0. The number of cyclic esters (lactones) is 4. The molecule has 1 aliphatic rings. The van der Waals surface area contributed by atoms with Crippen LogP contribution in [0.5, 0.6) is 23.0 Å². The van der Waals surface area contributed by atoms with Gasteiger partial charge >= 0.3 is 23.9 Å². The molecular formula is C28H32O12. The number of hydrogen-bond donors (Lipinski definition) is 4. The van der Waals surface area contributed by atoms with E-state index in [9.17, 15) is 39.6 Å². The van der Waals surface area contributed by atoms with Gasteiger partial charge in [-0.3, -0.25) is 9.59 Å². The molecule has 12 heteroatoms. The first-order valence-corrected chi connectivity index (χ1v) is 12.6. The molecule has 2 aromatic rings. The summed E-state index contributed by atoms with van der Waals surface area (Å²) in [6.07, 6.45) is -4.52. The van der Waals surface area contributed by atoms with Gasteiger partial charge in [0.25, 0.3) is 0 Å². The summed E-state index contributed by atoms with van der Waals surface area (Å²) in [6, 6.07) is 4.36.